The third-order valence-electron chi connectivity index (χ3n) is 7.55. The molecule has 218 valence electrons. The second kappa shape index (κ2) is 14.5. The maximum atomic E-state index is 14.1. The first-order valence-corrected chi connectivity index (χ1v) is 16.1. The number of benzene rings is 3. The van der Waals surface area contributed by atoms with Gasteiger partial charge in [-0.1, -0.05) is 86.3 Å². The van der Waals surface area contributed by atoms with E-state index in [-0.39, 0.29) is 23.4 Å². The van der Waals surface area contributed by atoms with E-state index in [0.29, 0.717) is 23.6 Å². The van der Waals surface area contributed by atoms with Crippen molar-refractivity contribution in [2.45, 2.75) is 68.8 Å². The smallest absolute Gasteiger partial charge is 0.264 e. The number of amides is 2. The van der Waals surface area contributed by atoms with Crippen molar-refractivity contribution in [1.29, 1.82) is 0 Å². The number of nitrogens with one attached hydrogen (secondary N) is 1. The summed E-state index contributed by atoms with van der Waals surface area (Å²) in [5.74, 6) is -0.624. The van der Waals surface area contributed by atoms with Crippen LogP contribution in [0.4, 0.5) is 5.69 Å². The summed E-state index contributed by atoms with van der Waals surface area (Å²) in [5, 5.41) is 3.58. The lowest BCUT2D eigenvalue weighted by Gasteiger charge is -2.34. The fourth-order valence-corrected chi connectivity index (χ4v) is 6.84. The van der Waals surface area contributed by atoms with Crippen molar-refractivity contribution >= 4 is 39.1 Å². The van der Waals surface area contributed by atoms with Crippen LogP contribution in [0.25, 0.3) is 0 Å². The molecule has 0 aromatic heterocycles. The third kappa shape index (κ3) is 8.11. The first kappa shape index (κ1) is 30.6. The quantitative estimate of drug-likeness (QED) is 0.285. The number of sulfonamides is 1. The average molecular weight is 596 g/mol. The lowest BCUT2D eigenvalue weighted by atomic mass is 9.95. The number of hydrogen-bond donors (Lipinski definition) is 1. The number of carbonyl (C=O) groups is 2. The van der Waals surface area contributed by atoms with Gasteiger partial charge in [-0.2, -0.15) is 0 Å². The van der Waals surface area contributed by atoms with Gasteiger partial charge in [0, 0.05) is 17.6 Å². The summed E-state index contributed by atoms with van der Waals surface area (Å²) in [6, 6.07) is 23.6. The number of rotatable bonds is 12. The topological polar surface area (TPSA) is 86.8 Å². The Balaban J connectivity index is 1.64. The van der Waals surface area contributed by atoms with Crippen LogP contribution in [0.1, 0.15) is 51.0 Å². The zero-order valence-electron chi connectivity index (χ0n) is 23.4. The Morgan fingerprint density at radius 3 is 2.12 bits per heavy atom. The summed E-state index contributed by atoms with van der Waals surface area (Å²) in [5.41, 5.74) is 1.39. The molecule has 3 aromatic rings. The molecule has 9 heteroatoms. The molecule has 0 spiro atoms. The molecular weight excluding hydrogens is 558 g/mol. The molecule has 7 nitrogen and oxygen atoms in total. The van der Waals surface area contributed by atoms with Crippen LogP contribution in [0, 0.1) is 0 Å². The minimum Gasteiger partial charge on any atom is -0.352 e. The molecule has 4 rings (SSSR count). The molecule has 1 N–H and O–H groups in total. The van der Waals surface area contributed by atoms with Crippen LogP contribution in [0.3, 0.4) is 0 Å². The van der Waals surface area contributed by atoms with Crippen LogP contribution in [-0.4, -0.2) is 50.3 Å². The monoisotopic (exact) mass is 595 g/mol. The number of hydrogen-bond acceptors (Lipinski definition) is 4. The molecule has 0 aliphatic heterocycles. The van der Waals surface area contributed by atoms with Crippen LogP contribution in [0.15, 0.2) is 89.8 Å². The number of nitrogens with zero attached hydrogens (tertiary/aromatic N) is 2. The van der Waals surface area contributed by atoms with E-state index in [1.54, 1.807) is 35.2 Å². The molecule has 0 bridgehead atoms. The average Bonchev–Trinajstić information content (AvgIpc) is 2.99. The highest BCUT2D eigenvalue weighted by molar-refractivity contribution is 7.92. The van der Waals surface area contributed by atoms with E-state index in [9.17, 15) is 18.0 Å². The van der Waals surface area contributed by atoms with E-state index in [1.165, 1.54) is 30.7 Å². The maximum absolute atomic E-state index is 14.1. The second-order valence-electron chi connectivity index (χ2n) is 10.4. The number of anilines is 1. The highest BCUT2D eigenvalue weighted by atomic mass is 35.5. The van der Waals surface area contributed by atoms with Crippen molar-refractivity contribution in [3.8, 4) is 0 Å². The molecule has 1 fully saturated rings. The molecule has 0 unspecified atom stereocenters. The summed E-state index contributed by atoms with van der Waals surface area (Å²) in [6.07, 6.45) is 6.13. The first-order chi connectivity index (χ1) is 19.8. The summed E-state index contributed by atoms with van der Waals surface area (Å²) < 4.78 is 28.8. The van der Waals surface area contributed by atoms with Gasteiger partial charge in [0.25, 0.3) is 10.0 Å². The Morgan fingerprint density at radius 2 is 1.51 bits per heavy atom. The molecule has 1 saturated carbocycles. The second-order valence-corrected chi connectivity index (χ2v) is 12.7. The van der Waals surface area contributed by atoms with Crippen LogP contribution >= 0.6 is 11.6 Å². The summed E-state index contributed by atoms with van der Waals surface area (Å²) >= 11 is 6.01. The summed E-state index contributed by atoms with van der Waals surface area (Å²) in [4.78, 5) is 29.2. The van der Waals surface area contributed by atoms with Gasteiger partial charge in [-0.25, -0.2) is 8.42 Å². The number of halogens is 1. The molecule has 0 saturated heterocycles. The standard InChI is InChI=1S/C32H38ClN3O4S/c1-2-30(32(38)34-27-14-8-4-9-15-27)35(23-22-25-12-6-3-7-13-25)31(37)24-36(28-16-10-5-11-17-28)41(39,40)29-20-18-26(33)19-21-29/h3,5-7,10-13,16-21,27,30H,2,4,8-9,14-15,22-24H2,1H3,(H,34,38)/t30-/m1/s1. The van der Waals surface area contributed by atoms with Gasteiger partial charge in [0.2, 0.25) is 11.8 Å². The lowest BCUT2D eigenvalue weighted by Crippen LogP contribution is -2.54. The SMILES string of the molecule is CC[C@H](C(=O)NC1CCCCC1)N(CCc1ccccc1)C(=O)CN(c1ccccc1)S(=O)(=O)c1ccc(Cl)cc1. The van der Waals surface area contributed by atoms with Crippen molar-refractivity contribution in [2.75, 3.05) is 17.4 Å². The van der Waals surface area contributed by atoms with Crippen molar-refractivity contribution in [3.63, 3.8) is 0 Å². The lowest BCUT2D eigenvalue weighted by molar-refractivity contribution is -0.140. The molecule has 1 aliphatic rings. The van der Waals surface area contributed by atoms with E-state index in [4.69, 9.17) is 11.6 Å². The van der Waals surface area contributed by atoms with E-state index in [1.807, 2.05) is 37.3 Å². The molecule has 3 aromatic carbocycles. The van der Waals surface area contributed by atoms with Crippen LogP contribution < -0.4 is 9.62 Å². The van der Waals surface area contributed by atoms with E-state index in [2.05, 4.69) is 5.32 Å². The van der Waals surface area contributed by atoms with Crippen LogP contribution in [0.5, 0.6) is 0 Å². The van der Waals surface area contributed by atoms with Crippen molar-refractivity contribution < 1.29 is 18.0 Å². The highest BCUT2D eigenvalue weighted by Gasteiger charge is 2.34. The molecule has 0 heterocycles. The molecule has 2 amide bonds. The fraction of sp³-hybridized carbons (Fsp3) is 0.375. The predicted octanol–water partition coefficient (Wildman–Crippen LogP) is 5.83. The molecule has 1 aliphatic carbocycles. The van der Waals surface area contributed by atoms with E-state index >= 15 is 0 Å². The maximum Gasteiger partial charge on any atom is 0.264 e. The van der Waals surface area contributed by atoms with Gasteiger partial charge in [-0.15, -0.1) is 0 Å². The Bertz CT molecular complexity index is 1380. The Kier molecular flexibility index (Phi) is 10.8. The van der Waals surface area contributed by atoms with Crippen molar-refractivity contribution in [2.24, 2.45) is 0 Å². The van der Waals surface area contributed by atoms with Gasteiger partial charge in [0.05, 0.1) is 10.6 Å². The van der Waals surface area contributed by atoms with E-state index in [0.717, 1.165) is 35.6 Å². The molecule has 1 atom stereocenters. The zero-order chi connectivity index (χ0) is 29.2. The number of para-hydroxylation sites is 1. The Hall–Kier alpha value is -3.36. The van der Waals surface area contributed by atoms with Gasteiger partial charge in [-0.05, 0) is 67.6 Å². The largest absolute Gasteiger partial charge is 0.352 e. The van der Waals surface area contributed by atoms with Gasteiger partial charge in [-0.3, -0.25) is 13.9 Å². The number of carbonyl (C=O) groups excluding carboxylic acids is 2. The van der Waals surface area contributed by atoms with Gasteiger partial charge < -0.3 is 10.2 Å². The predicted molar refractivity (Wildman–Crippen MR) is 163 cm³/mol. The summed E-state index contributed by atoms with van der Waals surface area (Å²) in [7, 11) is -4.12. The zero-order valence-corrected chi connectivity index (χ0v) is 25.0. The summed E-state index contributed by atoms with van der Waals surface area (Å²) in [6.45, 7) is 1.72. The van der Waals surface area contributed by atoms with Crippen molar-refractivity contribution in [1.82, 2.24) is 10.2 Å². The molecule has 41 heavy (non-hydrogen) atoms. The highest BCUT2D eigenvalue weighted by Crippen LogP contribution is 2.25. The first-order valence-electron chi connectivity index (χ1n) is 14.3. The Labute approximate surface area is 248 Å². The Morgan fingerprint density at radius 1 is 0.902 bits per heavy atom. The third-order valence-corrected chi connectivity index (χ3v) is 9.59. The van der Waals surface area contributed by atoms with Crippen molar-refractivity contribution in [3.05, 3.63) is 95.5 Å². The molecule has 0 radical (unpaired) electrons. The van der Waals surface area contributed by atoms with Crippen LogP contribution in [0.2, 0.25) is 5.02 Å². The van der Waals surface area contributed by atoms with E-state index < -0.39 is 28.5 Å². The van der Waals surface area contributed by atoms with Gasteiger partial charge >= 0.3 is 0 Å². The molecular formula is C32H38ClN3O4S. The van der Waals surface area contributed by atoms with Gasteiger partial charge in [0.15, 0.2) is 0 Å². The fourth-order valence-electron chi connectivity index (χ4n) is 5.30. The van der Waals surface area contributed by atoms with Gasteiger partial charge in [0.1, 0.15) is 12.6 Å². The minimum absolute atomic E-state index is 0.0245. The van der Waals surface area contributed by atoms with Crippen LogP contribution in [-0.2, 0) is 26.0 Å². The minimum atomic E-state index is -4.12. The normalized spacial score (nSPS) is 14.7.